The molecule has 0 bridgehead atoms. The van der Waals surface area contributed by atoms with Gasteiger partial charge in [0.1, 0.15) is 5.82 Å². The van der Waals surface area contributed by atoms with E-state index in [2.05, 4.69) is 21.6 Å². The zero-order chi connectivity index (χ0) is 11.6. The highest BCUT2D eigenvalue weighted by Gasteiger charge is 2.50. The predicted molar refractivity (Wildman–Crippen MR) is 61.7 cm³/mol. The Kier molecular flexibility index (Phi) is 3.09. The Morgan fingerprint density at radius 1 is 1.62 bits per heavy atom. The molecule has 0 amide bonds. The summed E-state index contributed by atoms with van der Waals surface area (Å²) in [5.41, 5.74) is -0.545. The number of aryl methyl sites for hydroxylation is 1. The van der Waals surface area contributed by atoms with Gasteiger partial charge in [-0.15, -0.1) is 0 Å². The van der Waals surface area contributed by atoms with Gasteiger partial charge in [-0.25, -0.2) is 4.98 Å². The van der Waals surface area contributed by atoms with Crippen molar-refractivity contribution in [1.29, 1.82) is 0 Å². The average Bonchev–Trinajstić information content (AvgIpc) is 2.92. The number of aromatic nitrogens is 2. The lowest BCUT2D eigenvalue weighted by Gasteiger charge is -2.08. The minimum absolute atomic E-state index is 0.461. The molecule has 2 N–H and O–H groups in total. The number of nitrogens with one attached hydrogen (secondary N) is 1. The molecule has 6 heteroatoms. The Balaban J connectivity index is 1.87. The van der Waals surface area contributed by atoms with Gasteiger partial charge in [0.2, 0.25) is 5.13 Å². The molecule has 2 rings (SSSR count). The molecule has 1 heterocycles. The minimum atomic E-state index is -0.710. The number of rotatable bonds is 6. The number of carboxylic acid groups (broad SMARTS) is 1. The van der Waals surface area contributed by atoms with E-state index in [4.69, 9.17) is 5.11 Å². The van der Waals surface area contributed by atoms with Gasteiger partial charge >= 0.3 is 5.97 Å². The maximum absolute atomic E-state index is 10.9. The second-order valence-corrected chi connectivity index (χ2v) is 4.96. The van der Waals surface area contributed by atoms with Crippen molar-refractivity contribution in [2.24, 2.45) is 5.41 Å². The van der Waals surface area contributed by atoms with E-state index in [1.807, 2.05) is 0 Å². The van der Waals surface area contributed by atoms with E-state index in [-0.39, 0.29) is 0 Å². The van der Waals surface area contributed by atoms with Gasteiger partial charge in [-0.05, 0) is 19.3 Å². The fourth-order valence-electron chi connectivity index (χ4n) is 1.51. The van der Waals surface area contributed by atoms with Crippen molar-refractivity contribution < 1.29 is 9.90 Å². The summed E-state index contributed by atoms with van der Waals surface area (Å²) in [6, 6.07) is 0. The number of anilines is 1. The van der Waals surface area contributed by atoms with Crippen molar-refractivity contribution in [2.75, 3.05) is 11.9 Å². The number of aliphatic carboxylic acids is 1. The standard InChI is InChI=1S/C10H15N3O2S/c1-2-3-7-12-9(16-13-7)11-6-10(4-5-10)8(14)15/h2-6H2,1H3,(H,14,15)(H,11,12,13). The van der Waals surface area contributed by atoms with Crippen LogP contribution in [0.1, 0.15) is 32.0 Å². The van der Waals surface area contributed by atoms with Crippen LogP contribution in [0, 0.1) is 5.41 Å². The van der Waals surface area contributed by atoms with Crippen molar-refractivity contribution in [3.8, 4) is 0 Å². The molecule has 1 fully saturated rings. The first-order valence-corrected chi connectivity index (χ1v) is 6.23. The molecule has 88 valence electrons. The summed E-state index contributed by atoms with van der Waals surface area (Å²) in [4.78, 5) is 15.2. The van der Waals surface area contributed by atoms with Crippen LogP contribution in [0.5, 0.6) is 0 Å². The van der Waals surface area contributed by atoms with E-state index >= 15 is 0 Å². The molecule has 0 atom stereocenters. The maximum Gasteiger partial charge on any atom is 0.311 e. The summed E-state index contributed by atoms with van der Waals surface area (Å²) in [5, 5.41) is 12.8. The van der Waals surface area contributed by atoms with Crippen molar-refractivity contribution in [2.45, 2.75) is 32.6 Å². The summed E-state index contributed by atoms with van der Waals surface area (Å²) >= 11 is 1.30. The first-order chi connectivity index (χ1) is 7.66. The van der Waals surface area contributed by atoms with Crippen LogP contribution in [-0.4, -0.2) is 27.0 Å². The van der Waals surface area contributed by atoms with Gasteiger partial charge in [0, 0.05) is 24.5 Å². The van der Waals surface area contributed by atoms with E-state index in [1.54, 1.807) is 0 Å². The lowest BCUT2D eigenvalue weighted by Crippen LogP contribution is -2.24. The highest BCUT2D eigenvalue weighted by molar-refractivity contribution is 7.09. The number of hydrogen-bond donors (Lipinski definition) is 2. The third-order valence-electron chi connectivity index (χ3n) is 2.83. The Morgan fingerprint density at radius 2 is 2.38 bits per heavy atom. The number of nitrogens with zero attached hydrogens (tertiary/aromatic N) is 2. The molecule has 0 aliphatic heterocycles. The predicted octanol–water partition coefficient (Wildman–Crippen LogP) is 1.77. The molecular formula is C10H15N3O2S. The van der Waals surface area contributed by atoms with Gasteiger partial charge in [0.05, 0.1) is 5.41 Å². The summed E-state index contributed by atoms with van der Waals surface area (Å²) < 4.78 is 4.19. The minimum Gasteiger partial charge on any atom is -0.481 e. The molecule has 16 heavy (non-hydrogen) atoms. The Hall–Kier alpha value is -1.17. The second kappa shape index (κ2) is 4.37. The fourth-order valence-corrected chi connectivity index (χ4v) is 2.12. The van der Waals surface area contributed by atoms with Gasteiger partial charge in [-0.2, -0.15) is 4.37 Å². The van der Waals surface area contributed by atoms with E-state index in [9.17, 15) is 4.79 Å². The monoisotopic (exact) mass is 241 g/mol. The fraction of sp³-hybridized carbons (Fsp3) is 0.700. The molecule has 0 saturated heterocycles. The zero-order valence-electron chi connectivity index (χ0n) is 9.19. The lowest BCUT2D eigenvalue weighted by molar-refractivity contribution is -0.142. The Morgan fingerprint density at radius 3 is 2.94 bits per heavy atom. The molecule has 0 aromatic carbocycles. The number of carbonyl (C=O) groups is 1. The first-order valence-electron chi connectivity index (χ1n) is 5.46. The summed E-state index contributed by atoms with van der Waals surface area (Å²) in [7, 11) is 0. The van der Waals surface area contributed by atoms with Crippen LogP contribution in [-0.2, 0) is 11.2 Å². The largest absolute Gasteiger partial charge is 0.481 e. The van der Waals surface area contributed by atoms with Gasteiger partial charge in [-0.3, -0.25) is 4.79 Å². The number of carboxylic acids is 1. The first kappa shape index (κ1) is 11.3. The molecule has 1 aliphatic carbocycles. The third-order valence-corrected chi connectivity index (χ3v) is 3.54. The summed E-state index contributed by atoms with van der Waals surface area (Å²) in [6.07, 6.45) is 3.42. The summed E-state index contributed by atoms with van der Waals surface area (Å²) in [6.45, 7) is 2.54. The molecular weight excluding hydrogens is 226 g/mol. The maximum atomic E-state index is 10.9. The average molecular weight is 241 g/mol. The van der Waals surface area contributed by atoms with Crippen LogP contribution >= 0.6 is 11.5 Å². The lowest BCUT2D eigenvalue weighted by atomic mass is 10.1. The molecule has 1 saturated carbocycles. The van der Waals surface area contributed by atoms with Crippen LogP contribution in [0.4, 0.5) is 5.13 Å². The van der Waals surface area contributed by atoms with Crippen LogP contribution in [0.3, 0.4) is 0 Å². The molecule has 1 aromatic rings. The van der Waals surface area contributed by atoms with E-state index in [1.165, 1.54) is 11.5 Å². The molecule has 0 unspecified atom stereocenters. The quantitative estimate of drug-likeness (QED) is 0.793. The van der Waals surface area contributed by atoms with Gasteiger partial charge < -0.3 is 10.4 Å². The van der Waals surface area contributed by atoms with Crippen LogP contribution in [0.15, 0.2) is 0 Å². The Bertz CT molecular complexity index is 387. The van der Waals surface area contributed by atoms with Crippen LogP contribution < -0.4 is 5.32 Å². The van der Waals surface area contributed by atoms with Crippen molar-refractivity contribution in [3.63, 3.8) is 0 Å². The molecule has 0 radical (unpaired) electrons. The van der Waals surface area contributed by atoms with Crippen LogP contribution in [0.25, 0.3) is 0 Å². The van der Waals surface area contributed by atoms with Crippen LogP contribution in [0.2, 0.25) is 0 Å². The second-order valence-electron chi connectivity index (χ2n) is 4.20. The summed E-state index contributed by atoms with van der Waals surface area (Å²) in [5.74, 6) is 0.133. The topological polar surface area (TPSA) is 75.1 Å². The van der Waals surface area contributed by atoms with Crippen molar-refractivity contribution in [1.82, 2.24) is 9.36 Å². The van der Waals surface area contributed by atoms with Gasteiger partial charge in [0.25, 0.3) is 0 Å². The SMILES string of the molecule is CCCc1nsc(NCC2(C(=O)O)CC2)n1. The normalized spacial score (nSPS) is 17.1. The van der Waals surface area contributed by atoms with E-state index < -0.39 is 11.4 Å². The molecule has 5 nitrogen and oxygen atoms in total. The van der Waals surface area contributed by atoms with E-state index in [0.29, 0.717) is 6.54 Å². The highest BCUT2D eigenvalue weighted by Crippen LogP contribution is 2.45. The van der Waals surface area contributed by atoms with Crippen molar-refractivity contribution in [3.05, 3.63) is 5.82 Å². The molecule has 1 aromatic heterocycles. The van der Waals surface area contributed by atoms with Gasteiger partial charge in [-0.1, -0.05) is 6.92 Å². The molecule has 0 spiro atoms. The van der Waals surface area contributed by atoms with Gasteiger partial charge in [0.15, 0.2) is 0 Å². The number of hydrogen-bond acceptors (Lipinski definition) is 5. The molecule has 1 aliphatic rings. The smallest absolute Gasteiger partial charge is 0.311 e. The Labute approximate surface area is 98.1 Å². The third kappa shape index (κ3) is 2.32. The highest BCUT2D eigenvalue weighted by atomic mass is 32.1. The van der Waals surface area contributed by atoms with E-state index in [0.717, 1.165) is 36.6 Å². The van der Waals surface area contributed by atoms with Crippen molar-refractivity contribution >= 4 is 22.6 Å². The zero-order valence-corrected chi connectivity index (χ0v) is 10.0.